The number of rotatable bonds is 8. The first kappa shape index (κ1) is 17.9. The molecule has 0 saturated heterocycles. The third-order valence-electron chi connectivity index (χ3n) is 3.60. The van der Waals surface area contributed by atoms with E-state index in [0.29, 0.717) is 42.1 Å². The van der Waals surface area contributed by atoms with Crippen LogP contribution in [0, 0.1) is 0 Å². The van der Waals surface area contributed by atoms with Crippen molar-refractivity contribution in [1.82, 2.24) is 4.31 Å². The molecule has 1 aromatic rings. The van der Waals surface area contributed by atoms with Crippen LogP contribution in [0.5, 0.6) is 0 Å². The molecule has 0 aliphatic carbocycles. The van der Waals surface area contributed by atoms with Gasteiger partial charge in [0.25, 0.3) is 0 Å². The van der Waals surface area contributed by atoms with Crippen molar-refractivity contribution in [1.29, 1.82) is 0 Å². The molecular formula is C15H26N2O3S. The van der Waals surface area contributed by atoms with Crippen LogP contribution in [0.25, 0.3) is 0 Å². The quantitative estimate of drug-likeness (QED) is 0.717. The zero-order chi connectivity index (χ0) is 16.0. The van der Waals surface area contributed by atoms with E-state index in [9.17, 15) is 8.42 Å². The molecule has 0 radical (unpaired) electrons. The molecule has 0 fully saturated rings. The highest BCUT2D eigenvalue weighted by molar-refractivity contribution is 7.89. The van der Waals surface area contributed by atoms with Gasteiger partial charge >= 0.3 is 0 Å². The lowest BCUT2D eigenvalue weighted by molar-refractivity contribution is 0.271. The maximum atomic E-state index is 12.9. The van der Waals surface area contributed by atoms with Crippen molar-refractivity contribution in [3.63, 3.8) is 0 Å². The lowest BCUT2D eigenvalue weighted by atomic mass is 10.1. The van der Waals surface area contributed by atoms with E-state index in [0.717, 1.165) is 12.0 Å². The Bertz CT molecular complexity index is 571. The van der Waals surface area contributed by atoms with Crippen LogP contribution in [0.4, 0.5) is 5.69 Å². The Labute approximate surface area is 127 Å². The van der Waals surface area contributed by atoms with Gasteiger partial charge in [0.1, 0.15) is 0 Å². The van der Waals surface area contributed by atoms with Crippen molar-refractivity contribution in [3.8, 4) is 0 Å². The van der Waals surface area contributed by atoms with Gasteiger partial charge in [0.2, 0.25) is 10.0 Å². The number of aliphatic hydroxyl groups excluding tert-OH is 1. The van der Waals surface area contributed by atoms with Crippen LogP contribution in [-0.2, 0) is 22.9 Å². The third-order valence-corrected chi connectivity index (χ3v) is 5.64. The second kappa shape index (κ2) is 7.77. The molecule has 0 aliphatic rings. The summed E-state index contributed by atoms with van der Waals surface area (Å²) in [6, 6.07) is 3.58. The summed E-state index contributed by atoms with van der Waals surface area (Å²) in [5, 5.41) is 8.93. The first-order valence-electron chi connectivity index (χ1n) is 7.44. The standard InChI is InChI=1S/C15H26N2O3S/c1-4-12-10-14(16)13(5-2)15(11-12)21(19,20)17(6-3)8-7-9-18/h10-11,18H,4-9,16H2,1-3H3. The normalized spacial score (nSPS) is 12.0. The highest BCUT2D eigenvalue weighted by Gasteiger charge is 2.26. The largest absolute Gasteiger partial charge is 0.398 e. The van der Waals surface area contributed by atoms with Crippen molar-refractivity contribution in [2.75, 3.05) is 25.4 Å². The number of aryl methyl sites for hydroxylation is 1. The fourth-order valence-corrected chi connectivity index (χ4v) is 4.23. The summed E-state index contributed by atoms with van der Waals surface area (Å²) < 4.78 is 27.1. The maximum Gasteiger partial charge on any atom is 0.243 e. The molecule has 0 unspecified atom stereocenters. The van der Waals surface area contributed by atoms with Crippen molar-refractivity contribution < 1.29 is 13.5 Å². The zero-order valence-corrected chi connectivity index (χ0v) is 13.9. The summed E-state index contributed by atoms with van der Waals surface area (Å²) >= 11 is 0. The molecule has 5 nitrogen and oxygen atoms in total. The van der Waals surface area contributed by atoms with E-state index < -0.39 is 10.0 Å². The van der Waals surface area contributed by atoms with Gasteiger partial charge in [0, 0.05) is 25.4 Å². The molecule has 0 aliphatic heterocycles. The lowest BCUT2D eigenvalue weighted by Crippen LogP contribution is -2.33. The molecule has 1 rings (SSSR count). The molecule has 0 spiro atoms. The second-order valence-electron chi connectivity index (χ2n) is 4.94. The minimum absolute atomic E-state index is 0.0240. The van der Waals surface area contributed by atoms with Crippen LogP contribution in [0.1, 0.15) is 38.3 Å². The molecule has 1 aromatic carbocycles. The highest BCUT2D eigenvalue weighted by Crippen LogP contribution is 2.27. The number of aliphatic hydroxyl groups is 1. The van der Waals surface area contributed by atoms with Gasteiger partial charge < -0.3 is 10.8 Å². The Morgan fingerprint density at radius 1 is 1.19 bits per heavy atom. The fourth-order valence-electron chi connectivity index (χ4n) is 2.37. The topological polar surface area (TPSA) is 83.6 Å². The first-order chi connectivity index (χ1) is 9.92. The summed E-state index contributed by atoms with van der Waals surface area (Å²) in [5.41, 5.74) is 8.15. The molecule has 6 heteroatoms. The van der Waals surface area contributed by atoms with Gasteiger partial charge in [0.05, 0.1) is 4.90 Å². The van der Waals surface area contributed by atoms with Crippen LogP contribution in [0.3, 0.4) is 0 Å². The first-order valence-corrected chi connectivity index (χ1v) is 8.88. The number of nitrogens with two attached hydrogens (primary N) is 1. The van der Waals surface area contributed by atoms with Gasteiger partial charge in [-0.1, -0.05) is 20.8 Å². The highest BCUT2D eigenvalue weighted by atomic mass is 32.2. The average molecular weight is 314 g/mol. The van der Waals surface area contributed by atoms with Gasteiger partial charge in [-0.25, -0.2) is 8.42 Å². The van der Waals surface area contributed by atoms with Crippen molar-refractivity contribution in [2.24, 2.45) is 0 Å². The van der Waals surface area contributed by atoms with Gasteiger partial charge in [-0.3, -0.25) is 0 Å². The van der Waals surface area contributed by atoms with Crippen LogP contribution < -0.4 is 5.73 Å². The van der Waals surface area contributed by atoms with E-state index in [4.69, 9.17) is 10.8 Å². The fraction of sp³-hybridized carbons (Fsp3) is 0.600. The molecule has 120 valence electrons. The number of nitrogen functional groups attached to an aromatic ring is 1. The molecule has 3 N–H and O–H groups in total. The molecule has 0 heterocycles. The zero-order valence-electron chi connectivity index (χ0n) is 13.1. The number of hydrogen-bond donors (Lipinski definition) is 2. The molecule has 0 saturated carbocycles. The summed E-state index contributed by atoms with van der Waals surface area (Å²) in [6.07, 6.45) is 1.74. The van der Waals surface area contributed by atoms with Crippen LogP contribution in [0.2, 0.25) is 0 Å². The molecular weight excluding hydrogens is 288 g/mol. The van der Waals surface area contributed by atoms with Gasteiger partial charge in [-0.05, 0) is 42.5 Å². The van der Waals surface area contributed by atoms with Crippen LogP contribution in [0.15, 0.2) is 17.0 Å². The predicted molar refractivity (Wildman–Crippen MR) is 85.7 cm³/mol. The maximum absolute atomic E-state index is 12.9. The summed E-state index contributed by atoms with van der Waals surface area (Å²) in [6.45, 7) is 6.34. The molecule has 21 heavy (non-hydrogen) atoms. The Hall–Kier alpha value is -1.11. The molecule has 0 aromatic heterocycles. The summed E-state index contributed by atoms with van der Waals surface area (Å²) in [4.78, 5) is 0.307. The van der Waals surface area contributed by atoms with E-state index in [-0.39, 0.29) is 6.61 Å². The molecule has 0 bridgehead atoms. The third kappa shape index (κ3) is 3.96. The van der Waals surface area contributed by atoms with Crippen molar-refractivity contribution >= 4 is 15.7 Å². The minimum atomic E-state index is -3.58. The van der Waals surface area contributed by atoms with Crippen molar-refractivity contribution in [2.45, 2.75) is 44.9 Å². The average Bonchev–Trinajstić information content (AvgIpc) is 2.46. The SMILES string of the molecule is CCc1cc(N)c(CC)c(S(=O)(=O)N(CC)CCCO)c1. The van der Waals surface area contributed by atoms with Crippen LogP contribution >= 0.6 is 0 Å². The van der Waals surface area contributed by atoms with Crippen LogP contribution in [-0.4, -0.2) is 37.5 Å². The number of hydrogen-bond acceptors (Lipinski definition) is 4. The predicted octanol–water partition coefficient (Wildman–Crippen LogP) is 1.79. The molecule has 0 amide bonds. The van der Waals surface area contributed by atoms with Crippen molar-refractivity contribution in [3.05, 3.63) is 23.3 Å². The van der Waals surface area contributed by atoms with Gasteiger partial charge in [-0.15, -0.1) is 0 Å². The number of sulfonamides is 1. The Balaban J connectivity index is 3.37. The number of anilines is 1. The van der Waals surface area contributed by atoms with Gasteiger partial charge in [-0.2, -0.15) is 4.31 Å². The summed E-state index contributed by atoms with van der Waals surface area (Å²) in [5.74, 6) is 0. The second-order valence-corrected chi connectivity index (χ2v) is 6.85. The molecule has 0 atom stereocenters. The van der Waals surface area contributed by atoms with E-state index >= 15 is 0 Å². The smallest absolute Gasteiger partial charge is 0.243 e. The van der Waals surface area contributed by atoms with E-state index in [1.54, 1.807) is 13.0 Å². The minimum Gasteiger partial charge on any atom is -0.398 e. The Kier molecular flexibility index (Phi) is 6.64. The summed E-state index contributed by atoms with van der Waals surface area (Å²) in [7, 11) is -3.58. The van der Waals surface area contributed by atoms with E-state index in [1.807, 2.05) is 19.9 Å². The monoisotopic (exact) mass is 314 g/mol. The Morgan fingerprint density at radius 3 is 2.33 bits per heavy atom. The lowest BCUT2D eigenvalue weighted by Gasteiger charge is -2.23. The Morgan fingerprint density at radius 2 is 1.86 bits per heavy atom. The number of nitrogens with zero attached hydrogens (tertiary/aromatic N) is 1. The van der Waals surface area contributed by atoms with Gasteiger partial charge in [0.15, 0.2) is 0 Å². The van der Waals surface area contributed by atoms with E-state index in [2.05, 4.69) is 0 Å². The number of benzene rings is 1. The van der Waals surface area contributed by atoms with E-state index in [1.165, 1.54) is 4.31 Å².